The van der Waals surface area contributed by atoms with Gasteiger partial charge in [-0.2, -0.15) is 0 Å². The van der Waals surface area contributed by atoms with Crippen molar-refractivity contribution in [3.63, 3.8) is 0 Å². The monoisotopic (exact) mass is 348 g/mol. The van der Waals surface area contributed by atoms with Gasteiger partial charge in [0.05, 0.1) is 22.9 Å². The molecule has 24 heavy (non-hydrogen) atoms. The van der Waals surface area contributed by atoms with Crippen molar-refractivity contribution in [2.24, 2.45) is 11.8 Å². The summed E-state index contributed by atoms with van der Waals surface area (Å²) in [6, 6.07) is 3.27. The van der Waals surface area contributed by atoms with Crippen LogP contribution in [0.25, 0.3) is 0 Å². The van der Waals surface area contributed by atoms with Crippen molar-refractivity contribution in [1.82, 2.24) is 4.90 Å². The van der Waals surface area contributed by atoms with Crippen LogP contribution < -0.4 is 14.8 Å². The summed E-state index contributed by atoms with van der Waals surface area (Å²) in [5.74, 6) is 2.03. The van der Waals surface area contributed by atoms with Crippen LogP contribution in [0.15, 0.2) is 24.3 Å². The maximum Gasteiger partial charge on any atom is 0.321 e. The molecule has 4 aliphatic heterocycles. The molecule has 4 atom stereocenters. The number of nitrogens with one attached hydrogen (secondary N) is 1. The van der Waals surface area contributed by atoms with Crippen molar-refractivity contribution < 1.29 is 19.0 Å². The third kappa shape index (κ3) is 2.17. The van der Waals surface area contributed by atoms with Gasteiger partial charge < -0.3 is 24.4 Å². The number of urea groups is 1. The van der Waals surface area contributed by atoms with Crippen LogP contribution in [0.1, 0.15) is 0 Å². The lowest BCUT2D eigenvalue weighted by Crippen LogP contribution is -2.35. The highest BCUT2D eigenvalue weighted by Crippen LogP contribution is 2.44. The second-order valence-corrected chi connectivity index (χ2v) is 7.00. The van der Waals surface area contributed by atoms with Crippen LogP contribution in [-0.4, -0.2) is 49.4 Å². The fourth-order valence-electron chi connectivity index (χ4n) is 4.05. The molecule has 5 rings (SSSR count). The maximum atomic E-state index is 12.6. The zero-order chi connectivity index (χ0) is 16.3. The Labute approximate surface area is 144 Å². The summed E-state index contributed by atoms with van der Waals surface area (Å²) in [5.41, 5.74) is 0.542. The number of hydrogen-bond donors (Lipinski definition) is 1. The molecule has 0 radical (unpaired) electrons. The Balaban J connectivity index is 1.31. The van der Waals surface area contributed by atoms with Gasteiger partial charge in [0, 0.05) is 37.1 Å². The summed E-state index contributed by atoms with van der Waals surface area (Å²) in [7, 11) is 0. The Bertz CT molecular complexity index is 718. The lowest BCUT2D eigenvalue weighted by Gasteiger charge is -2.22. The molecule has 4 heterocycles. The number of benzene rings is 1. The average molecular weight is 349 g/mol. The van der Waals surface area contributed by atoms with E-state index in [9.17, 15) is 4.79 Å². The predicted octanol–water partition coefficient (Wildman–Crippen LogP) is 2.53. The molecule has 2 saturated heterocycles. The summed E-state index contributed by atoms with van der Waals surface area (Å²) in [6.45, 7) is 2.42. The number of carbonyl (C=O) groups excluding carboxylic acids is 1. The molecule has 0 saturated carbocycles. The first-order valence-corrected chi connectivity index (χ1v) is 8.56. The standard InChI is InChI=1S/C17H17ClN2O4/c18-11-5-15-16(23-4-3-22-15)6-12(11)19-17(21)20-7-9-10(8-20)14-2-1-13(9)24-14/h1-2,5-6,9-10,13-14H,3-4,7-8H2,(H,19,21). The number of anilines is 1. The SMILES string of the molecule is O=C(Nc1cc2c(cc1Cl)OCCO2)N1CC2C3C=CC(O3)C2C1. The van der Waals surface area contributed by atoms with Gasteiger partial charge in [0.15, 0.2) is 11.5 Å². The van der Waals surface area contributed by atoms with Crippen LogP contribution in [0.2, 0.25) is 5.02 Å². The summed E-state index contributed by atoms with van der Waals surface area (Å²) < 4.78 is 16.9. The number of hydrogen-bond acceptors (Lipinski definition) is 4. The van der Waals surface area contributed by atoms with E-state index in [1.165, 1.54) is 0 Å². The molecule has 1 N–H and O–H groups in total. The largest absolute Gasteiger partial charge is 0.486 e. The topological polar surface area (TPSA) is 60.0 Å². The Kier molecular flexibility index (Phi) is 3.18. The van der Waals surface area contributed by atoms with E-state index >= 15 is 0 Å². The number of halogens is 1. The quantitative estimate of drug-likeness (QED) is 0.792. The van der Waals surface area contributed by atoms with Crippen molar-refractivity contribution in [2.45, 2.75) is 12.2 Å². The number of ether oxygens (including phenoxy) is 3. The van der Waals surface area contributed by atoms with Gasteiger partial charge in [-0.1, -0.05) is 23.8 Å². The van der Waals surface area contributed by atoms with E-state index in [0.717, 1.165) is 0 Å². The molecule has 2 amide bonds. The molecule has 2 bridgehead atoms. The van der Waals surface area contributed by atoms with E-state index in [-0.39, 0.29) is 18.2 Å². The molecular formula is C17H17ClN2O4. The molecule has 0 aliphatic carbocycles. The zero-order valence-electron chi connectivity index (χ0n) is 12.9. The molecule has 126 valence electrons. The zero-order valence-corrected chi connectivity index (χ0v) is 13.7. The Hall–Kier alpha value is -1.92. The molecule has 4 unspecified atom stereocenters. The van der Waals surface area contributed by atoms with Gasteiger partial charge >= 0.3 is 6.03 Å². The van der Waals surface area contributed by atoms with Gasteiger partial charge in [0.1, 0.15) is 13.2 Å². The molecule has 0 spiro atoms. The highest BCUT2D eigenvalue weighted by atomic mass is 35.5. The highest BCUT2D eigenvalue weighted by molar-refractivity contribution is 6.34. The number of fused-ring (bicyclic) bond motifs is 6. The molecule has 1 aromatic rings. The van der Waals surface area contributed by atoms with E-state index < -0.39 is 0 Å². The molecule has 6 nitrogen and oxygen atoms in total. The lowest BCUT2D eigenvalue weighted by atomic mass is 9.86. The third-order valence-corrected chi connectivity index (χ3v) is 5.53. The van der Waals surface area contributed by atoms with Crippen molar-refractivity contribution in [1.29, 1.82) is 0 Å². The third-order valence-electron chi connectivity index (χ3n) is 5.22. The first-order chi connectivity index (χ1) is 11.7. The van der Waals surface area contributed by atoms with Gasteiger partial charge in [-0.05, 0) is 0 Å². The smallest absolute Gasteiger partial charge is 0.321 e. The van der Waals surface area contributed by atoms with Crippen LogP contribution in [0.5, 0.6) is 11.5 Å². The Morgan fingerprint density at radius 3 is 2.38 bits per heavy atom. The minimum Gasteiger partial charge on any atom is -0.486 e. The molecule has 4 aliphatic rings. The summed E-state index contributed by atoms with van der Waals surface area (Å²) >= 11 is 6.27. The minimum atomic E-state index is -0.137. The van der Waals surface area contributed by atoms with Gasteiger partial charge in [0.25, 0.3) is 0 Å². The van der Waals surface area contributed by atoms with E-state index in [1.807, 2.05) is 4.90 Å². The Morgan fingerprint density at radius 2 is 1.71 bits per heavy atom. The van der Waals surface area contributed by atoms with Crippen LogP contribution in [0.3, 0.4) is 0 Å². The van der Waals surface area contributed by atoms with Crippen LogP contribution >= 0.6 is 11.6 Å². The number of likely N-dealkylation sites (tertiary alicyclic amines) is 1. The summed E-state index contributed by atoms with van der Waals surface area (Å²) in [4.78, 5) is 14.5. The lowest BCUT2D eigenvalue weighted by molar-refractivity contribution is 0.0892. The normalized spacial score (nSPS) is 32.1. The fraction of sp³-hybridized carbons (Fsp3) is 0.471. The first-order valence-electron chi connectivity index (χ1n) is 8.18. The number of amides is 2. The van der Waals surface area contributed by atoms with Crippen molar-refractivity contribution in [2.75, 3.05) is 31.6 Å². The predicted molar refractivity (Wildman–Crippen MR) is 87.8 cm³/mol. The fourth-order valence-corrected chi connectivity index (χ4v) is 4.25. The number of carbonyl (C=O) groups is 1. The number of nitrogens with zero attached hydrogens (tertiary/aromatic N) is 1. The van der Waals surface area contributed by atoms with Crippen LogP contribution in [-0.2, 0) is 4.74 Å². The summed E-state index contributed by atoms with van der Waals surface area (Å²) in [6.07, 6.45) is 4.56. The molecular weight excluding hydrogens is 332 g/mol. The van der Waals surface area contributed by atoms with Gasteiger partial charge in [-0.15, -0.1) is 0 Å². The second kappa shape index (κ2) is 5.29. The van der Waals surface area contributed by atoms with Crippen LogP contribution in [0.4, 0.5) is 10.5 Å². The molecule has 2 fully saturated rings. The maximum absolute atomic E-state index is 12.6. The van der Waals surface area contributed by atoms with Gasteiger partial charge in [0.2, 0.25) is 0 Å². The molecule has 1 aromatic carbocycles. The number of rotatable bonds is 1. The summed E-state index contributed by atoms with van der Waals surface area (Å²) in [5, 5.41) is 3.34. The van der Waals surface area contributed by atoms with E-state index in [1.54, 1.807) is 12.1 Å². The first kappa shape index (κ1) is 14.4. The van der Waals surface area contributed by atoms with Crippen LogP contribution in [0, 0.1) is 11.8 Å². The Morgan fingerprint density at radius 1 is 1.08 bits per heavy atom. The second-order valence-electron chi connectivity index (χ2n) is 6.59. The minimum absolute atomic E-state index is 0.137. The van der Waals surface area contributed by atoms with Crippen molar-refractivity contribution in [3.05, 3.63) is 29.3 Å². The molecule has 7 heteroatoms. The molecule has 0 aromatic heterocycles. The van der Waals surface area contributed by atoms with Gasteiger partial charge in [-0.3, -0.25) is 0 Å². The van der Waals surface area contributed by atoms with E-state index in [0.29, 0.717) is 60.3 Å². The van der Waals surface area contributed by atoms with Gasteiger partial charge in [-0.25, -0.2) is 4.79 Å². The van der Waals surface area contributed by atoms with E-state index in [2.05, 4.69) is 17.5 Å². The van der Waals surface area contributed by atoms with Crippen molar-refractivity contribution >= 4 is 23.3 Å². The van der Waals surface area contributed by atoms with Crippen molar-refractivity contribution in [3.8, 4) is 11.5 Å². The highest BCUT2D eigenvalue weighted by Gasteiger charge is 2.51. The average Bonchev–Trinajstić information content (AvgIpc) is 3.28. The van der Waals surface area contributed by atoms with E-state index in [4.69, 9.17) is 25.8 Å².